The number of rotatable bonds is 1. The summed E-state index contributed by atoms with van der Waals surface area (Å²) in [6.07, 6.45) is -8.18. The Morgan fingerprint density at radius 3 is 2.00 bits per heavy atom. The molecular formula is C7H14O6. The molecule has 1 aliphatic heterocycles. The standard InChI is InChI=1S/C7H14O6/c1-2(8)6-4(10)3(9)5(11)7(12)13-6/h2-12H,1H3/t2-,3+,4-,5?,6?,7-/m1/s1. The molecule has 1 rings (SSSR count). The lowest BCUT2D eigenvalue weighted by atomic mass is 9.96. The maximum Gasteiger partial charge on any atom is 0.184 e. The van der Waals surface area contributed by atoms with Crippen molar-refractivity contribution in [2.24, 2.45) is 0 Å². The van der Waals surface area contributed by atoms with Gasteiger partial charge in [0, 0.05) is 0 Å². The zero-order chi connectivity index (χ0) is 10.2. The van der Waals surface area contributed by atoms with Gasteiger partial charge in [-0.2, -0.15) is 0 Å². The monoisotopic (exact) mass is 194 g/mol. The summed E-state index contributed by atoms with van der Waals surface area (Å²) in [5.74, 6) is 0. The lowest BCUT2D eigenvalue weighted by molar-refractivity contribution is -0.295. The lowest BCUT2D eigenvalue weighted by Crippen LogP contribution is -2.60. The Hall–Kier alpha value is -0.240. The minimum Gasteiger partial charge on any atom is -0.391 e. The van der Waals surface area contributed by atoms with Crippen LogP contribution in [0.4, 0.5) is 0 Å². The van der Waals surface area contributed by atoms with E-state index in [1.165, 1.54) is 6.92 Å². The van der Waals surface area contributed by atoms with E-state index in [9.17, 15) is 10.2 Å². The van der Waals surface area contributed by atoms with Crippen LogP contribution in [0.1, 0.15) is 6.92 Å². The molecule has 6 heteroatoms. The van der Waals surface area contributed by atoms with E-state index < -0.39 is 36.8 Å². The highest BCUT2D eigenvalue weighted by atomic mass is 16.6. The topological polar surface area (TPSA) is 110 Å². The fourth-order valence-corrected chi connectivity index (χ4v) is 1.29. The molecule has 0 aliphatic carbocycles. The normalized spacial score (nSPS) is 48.9. The van der Waals surface area contributed by atoms with Crippen LogP contribution in [0.3, 0.4) is 0 Å². The molecule has 0 aromatic carbocycles. The summed E-state index contributed by atoms with van der Waals surface area (Å²) in [7, 11) is 0. The van der Waals surface area contributed by atoms with Gasteiger partial charge in [0.15, 0.2) is 6.29 Å². The highest BCUT2D eigenvalue weighted by Gasteiger charge is 2.44. The Labute approximate surface area is 75.0 Å². The Morgan fingerprint density at radius 2 is 1.54 bits per heavy atom. The van der Waals surface area contributed by atoms with Gasteiger partial charge in [-0.15, -0.1) is 0 Å². The molecule has 1 fully saturated rings. The van der Waals surface area contributed by atoms with Gasteiger partial charge in [-0.3, -0.25) is 0 Å². The molecule has 6 nitrogen and oxygen atoms in total. The smallest absolute Gasteiger partial charge is 0.184 e. The van der Waals surface area contributed by atoms with E-state index in [4.69, 9.17) is 15.3 Å². The molecule has 13 heavy (non-hydrogen) atoms. The molecule has 6 atom stereocenters. The van der Waals surface area contributed by atoms with E-state index in [2.05, 4.69) is 4.74 Å². The molecule has 0 bridgehead atoms. The first-order valence-corrected chi connectivity index (χ1v) is 4.01. The second-order valence-corrected chi connectivity index (χ2v) is 3.20. The first kappa shape index (κ1) is 10.8. The molecule has 0 radical (unpaired) electrons. The molecule has 0 spiro atoms. The molecular weight excluding hydrogens is 180 g/mol. The van der Waals surface area contributed by atoms with Crippen molar-refractivity contribution in [1.82, 2.24) is 0 Å². The highest BCUT2D eigenvalue weighted by Crippen LogP contribution is 2.21. The van der Waals surface area contributed by atoms with Gasteiger partial charge >= 0.3 is 0 Å². The van der Waals surface area contributed by atoms with Gasteiger partial charge in [0.05, 0.1) is 6.10 Å². The molecule has 5 N–H and O–H groups in total. The van der Waals surface area contributed by atoms with Crippen molar-refractivity contribution in [1.29, 1.82) is 0 Å². The number of ether oxygens (including phenoxy) is 1. The fourth-order valence-electron chi connectivity index (χ4n) is 1.29. The first-order valence-electron chi connectivity index (χ1n) is 4.01. The first-order chi connectivity index (χ1) is 5.95. The summed E-state index contributed by atoms with van der Waals surface area (Å²) in [5.41, 5.74) is 0. The van der Waals surface area contributed by atoms with Crippen molar-refractivity contribution in [3.63, 3.8) is 0 Å². The summed E-state index contributed by atoms with van der Waals surface area (Å²) in [4.78, 5) is 0. The maximum atomic E-state index is 9.29. The zero-order valence-electron chi connectivity index (χ0n) is 7.11. The van der Waals surface area contributed by atoms with Gasteiger partial charge in [-0.1, -0.05) is 0 Å². The lowest BCUT2D eigenvalue weighted by Gasteiger charge is -2.39. The van der Waals surface area contributed by atoms with Crippen LogP contribution >= 0.6 is 0 Å². The minimum atomic E-state index is -1.59. The van der Waals surface area contributed by atoms with Gasteiger partial charge in [0.2, 0.25) is 0 Å². The minimum absolute atomic E-state index is 1.04. The van der Waals surface area contributed by atoms with Crippen molar-refractivity contribution >= 4 is 0 Å². The van der Waals surface area contributed by atoms with Crippen LogP contribution in [0.25, 0.3) is 0 Å². The Bertz CT molecular complexity index is 172. The van der Waals surface area contributed by atoms with Crippen molar-refractivity contribution in [3.8, 4) is 0 Å². The molecule has 1 aliphatic rings. The summed E-state index contributed by atoms with van der Waals surface area (Å²) >= 11 is 0. The van der Waals surface area contributed by atoms with Crippen LogP contribution in [0, 0.1) is 0 Å². The molecule has 0 saturated carbocycles. The Kier molecular flexibility index (Phi) is 3.23. The predicted molar refractivity (Wildman–Crippen MR) is 40.6 cm³/mol. The van der Waals surface area contributed by atoms with Gasteiger partial charge in [0.25, 0.3) is 0 Å². The van der Waals surface area contributed by atoms with Crippen molar-refractivity contribution in [2.45, 2.75) is 43.7 Å². The van der Waals surface area contributed by atoms with Gasteiger partial charge < -0.3 is 30.3 Å². The van der Waals surface area contributed by atoms with Crippen LogP contribution < -0.4 is 0 Å². The molecule has 0 aromatic rings. The van der Waals surface area contributed by atoms with Crippen molar-refractivity contribution < 1.29 is 30.3 Å². The van der Waals surface area contributed by atoms with E-state index in [1.807, 2.05) is 0 Å². The Balaban J connectivity index is 2.70. The van der Waals surface area contributed by atoms with Gasteiger partial charge in [-0.25, -0.2) is 0 Å². The fraction of sp³-hybridized carbons (Fsp3) is 1.00. The highest BCUT2D eigenvalue weighted by molar-refractivity contribution is 4.90. The molecule has 1 heterocycles. The number of aliphatic hydroxyl groups excluding tert-OH is 5. The van der Waals surface area contributed by atoms with E-state index in [0.717, 1.165) is 0 Å². The molecule has 1 saturated heterocycles. The Morgan fingerprint density at radius 1 is 1.00 bits per heavy atom. The van der Waals surface area contributed by atoms with Crippen LogP contribution in [0.2, 0.25) is 0 Å². The van der Waals surface area contributed by atoms with Crippen molar-refractivity contribution in [2.75, 3.05) is 0 Å². The van der Waals surface area contributed by atoms with E-state index in [0.29, 0.717) is 0 Å². The third-order valence-electron chi connectivity index (χ3n) is 2.10. The average molecular weight is 194 g/mol. The predicted octanol–water partition coefficient (Wildman–Crippen LogP) is -2.83. The SMILES string of the molecule is C[C@@H](O)C1O[C@@H](O)C(O)[C@@H](O)[C@H]1O. The molecule has 0 amide bonds. The molecule has 78 valence electrons. The molecule has 0 aromatic heterocycles. The van der Waals surface area contributed by atoms with Crippen LogP contribution in [0.15, 0.2) is 0 Å². The van der Waals surface area contributed by atoms with E-state index in [-0.39, 0.29) is 0 Å². The quantitative estimate of drug-likeness (QED) is 0.308. The third kappa shape index (κ3) is 1.98. The molecule has 2 unspecified atom stereocenters. The number of aliphatic hydroxyl groups is 5. The number of hydrogen-bond acceptors (Lipinski definition) is 6. The summed E-state index contributed by atoms with van der Waals surface area (Å²) in [6.45, 7) is 1.35. The zero-order valence-corrected chi connectivity index (χ0v) is 7.11. The van der Waals surface area contributed by atoms with E-state index >= 15 is 0 Å². The van der Waals surface area contributed by atoms with Gasteiger partial charge in [0.1, 0.15) is 24.4 Å². The third-order valence-corrected chi connectivity index (χ3v) is 2.10. The second kappa shape index (κ2) is 3.87. The maximum absolute atomic E-state index is 9.29. The second-order valence-electron chi connectivity index (χ2n) is 3.20. The van der Waals surface area contributed by atoms with Crippen LogP contribution in [0.5, 0.6) is 0 Å². The van der Waals surface area contributed by atoms with Gasteiger partial charge in [-0.05, 0) is 6.92 Å². The van der Waals surface area contributed by atoms with Crippen LogP contribution in [-0.2, 0) is 4.74 Å². The summed E-state index contributed by atoms with van der Waals surface area (Å²) < 4.78 is 4.69. The van der Waals surface area contributed by atoms with Crippen molar-refractivity contribution in [3.05, 3.63) is 0 Å². The summed E-state index contributed by atoms with van der Waals surface area (Å²) in [5, 5.41) is 45.6. The van der Waals surface area contributed by atoms with Crippen LogP contribution in [-0.4, -0.2) is 62.3 Å². The van der Waals surface area contributed by atoms with E-state index in [1.54, 1.807) is 0 Å². The largest absolute Gasteiger partial charge is 0.391 e. The average Bonchev–Trinajstić information content (AvgIpc) is 2.07. The number of hydrogen-bond donors (Lipinski definition) is 5. The summed E-state index contributed by atoms with van der Waals surface area (Å²) in [6, 6.07) is 0.